The molecule has 0 aromatic rings. The number of hydrogen-bond donors (Lipinski definition) is 2. The Balaban J connectivity index is 1.90. The van der Waals surface area contributed by atoms with Crippen molar-refractivity contribution in [1.82, 2.24) is 5.32 Å². The zero-order valence-corrected chi connectivity index (χ0v) is 10.5. The summed E-state index contributed by atoms with van der Waals surface area (Å²) < 4.78 is 5.35. The zero-order chi connectivity index (χ0) is 12.1. The molecular formula is C13H24N2O2. The number of carbonyl (C=O) groups is 1. The summed E-state index contributed by atoms with van der Waals surface area (Å²) in [4.78, 5) is 12.2. The van der Waals surface area contributed by atoms with E-state index < -0.39 is 0 Å². The normalized spacial score (nSPS) is 25.5. The smallest absolute Gasteiger partial charge is 0.223 e. The predicted octanol–water partition coefficient (Wildman–Crippen LogP) is 1.19. The number of ether oxygens (including phenoxy) is 1. The van der Waals surface area contributed by atoms with E-state index in [0.29, 0.717) is 19.8 Å². The van der Waals surface area contributed by atoms with Gasteiger partial charge in [0.25, 0.3) is 0 Å². The number of nitrogens with two attached hydrogens (primary N) is 1. The molecule has 0 aromatic carbocycles. The highest BCUT2D eigenvalue weighted by Crippen LogP contribution is 2.26. The van der Waals surface area contributed by atoms with Crippen LogP contribution in [0, 0.1) is 5.92 Å². The molecule has 1 amide bonds. The predicted molar refractivity (Wildman–Crippen MR) is 66.6 cm³/mol. The van der Waals surface area contributed by atoms with Crippen LogP contribution in [0.1, 0.15) is 44.9 Å². The summed E-state index contributed by atoms with van der Waals surface area (Å²) >= 11 is 0. The molecule has 0 atom stereocenters. The molecule has 2 fully saturated rings. The molecule has 2 aliphatic rings. The fraction of sp³-hybridized carbons (Fsp3) is 0.923. The second-order valence-corrected chi connectivity index (χ2v) is 5.42. The zero-order valence-electron chi connectivity index (χ0n) is 10.5. The van der Waals surface area contributed by atoms with Crippen LogP contribution in [0.3, 0.4) is 0 Å². The van der Waals surface area contributed by atoms with Gasteiger partial charge in [0, 0.05) is 25.7 Å². The van der Waals surface area contributed by atoms with Crippen LogP contribution in [0.2, 0.25) is 0 Å². The van der Waals surface area contributed by atoms with Crippen molar-refractivity contribution < 1.29 is 9.53 Å². The van der Waals surface area contributed by atoms with Crippen molar-refractivity contribution in [3.05, 3.63) is 0 Å². The highest BCUT2D eigenvalue weighted by molar-refractivity contribution is 5.79. The van der Waals surface area contributed by atoms with Gasteiger partial charge in [0.15, 0.2) is 0 Å². The quantitative estimate of drug-likeness (QED) is 0.779. The van der Waals surface area contributed by atoms with Crippen molar-refractivity contribution in [3.63, 3.8) is 0 Å². The highest BCUT2D eigenvalue weighted by atomic mass is 16.5. The summed E-state index contributed by atoms with van der Waals surface area (Å²) in [6, 6.07) is 0. The summed E-state index contributed by atoms with van der Waals surface area (Å²) in [5, 5.41) is 3.21. The third-order valence-corrected chi connectivity index (χ3v) is 4.20. The lowest BCUT2D eigenvalue weighted by Gasteiger charge is -2.38. The van der Waals surface area contributed by atoms with E-state index >= 15 is 0 Å². The minimum atomic E-state index is -0.202. The van der Waals surface area contributed by atoms with Gasteiger partial charge in [0.05, 0.1) is 5.54 Å². The molecule has 3 N–H and O–H groups in total. The Hall–Kier alpha value is -0.610. The molecule has 1 saturated heterocycles. The lowest BCUT2D eigenvalue weighted by molar-refractivity contribution is -0.129. The molecule has 1 saturated carbocycles. The van der Waals surface area contributed by atoms with E-state index in [9.17, 15) is 4.79 Å². The average molecular weight is 240 g/mol. The third kappa shape index (κ3) is 3.19. The van der Waals surface area contributed by atoms with Crippen LogP contribution in [0.5, 0.6) is 0 Å². The maximum absolute atomic E-state index is 12.2. The Morgan fingerprint density at radius 1 is 1.24 bits per heavy atom. The van der Waals surface area contributed by atoms with Crippen LogP contribution in [0.15, 0.2) is 0 Å². The molecule has 0 radical (unpaired) electrons. The number of hydrogen-bond acceptors (Lipinski definition) is 3. The van der Waals surface area contributed by atoms with Crippen molar-refractivity contribution in [1.29, 1.82) is 0 Å². The largest absolute Gasteiger partial charge is 0.381 e. The van der Waals surface area contributed by atoms with Gasteiger partial charge in [-0.2, -0.15) is 0 Å². The Morgan fingerprint density at radius 3 is 2.47 bits per heavy atom. The van der Waals surface area contributed by atoms with E-state index in [4.69, 9.17) is 10.5 Å². The van der Waals surface area contributed by atoms with Gasteiger partial charge in [-0.25, -0.2) is 0 Å². The number of nitrogens with one attached hydrogen (secondary N) is 1. The molecule has 2 rings (SSSR count). The monoisotopic (exact) mass is 240 g/mol. The van der Waals surface area contributed by atoms with Crippen LogP contribution in [-0.2, 0) is 9.53 Å². The van der Waals surface area contributed by atoms with E-state index in [1.807, 2.05) is 0 Å². The first-order valence-electron chi connectivity index (χ1n) is 6.86. The van der Waals surface area contributed by atoms with Gasteiger partial charge in [-0.15, -0.1) is 0 Å². The molecule has 1 heterocycles. The first kappa shape index (κ1) is 12.8. The molecule has 1 aliphatic heterocycles. The van der Waals surface area contributed by atoms with E-state index in [1.165, 1.54) is 19.3 Å². The SMILES string of the molecule is NCC1(NC(=O)C2CCCCC2)CCOCC1. The molecule has 0 unspecified atom stereocenters. The van der Waals surface area contributed by atoms with Crippen molar-refractivity contribution in [2.24, 2.45) is 11.7 Å². The van der Waals surface area contributed by atoms with Gasteiger partial charge < -0.3 is 15.8 Å². The lowest BCUT2D eigenvalue weighted by atomic mass is 9.85. The first-order valence-corrected chi connectivity index (χ1v) is 6.86. The molecular weight excluding hydrogens is 216 g/mol. The maximum atomic E-state index is 12.2. The van der Waals surface area contributed by atoms with Gasteiger partial charge in [0.2, 0.25) is 5.91 Å². The molecule has 4 heteroatoms. The van der Waals surface area contributed by atoms with E-state index in [0.717, 1.165) is 25.7 Å². The topological polar surface area (TPSA) is 64.3 Å². The third-order valence-electron chi connectivity index (χ3n) is 4.20. The summed E-state index contributed by atoms with van der Waals surface area (Å²) in [6.07, 6.45) is 7.45. The molecule has 0 aromatic heterocycles. The minimum absolute atomic E-state index is 0.202. The summed E-state index contributed by atoms with van der Waals surface area (Å²) in [5.41, 5.74) is 5.64. The van der Waals surface area contributed by atoms with E-state index in [-0.39, 0.29) is 17.4 Å². The first-order chi connectivity index (χ1) is 8.26. The molecule has 0 spiro atoms. The second kappa shape index (κ2) is 5.83. The van der Waals surface area contributed by atoms with Crippen molar-refractivity contribution in [2.45, 2.75) is 50.5 Å². The van der Waals surface area contributed by atoms with Crippen LogP contribution in [0.4, 0.5) is 0 Å². The molecule has 4 nitrogen and oxygen atoms in total. The van der Waals surface area contributed by atoms with E-state index in [1.54, 1.807) is 0 Å². The van der Waals surface area contributed by atoms with Crippen molar-refractivity contribution in [2.75, 3.05) is 19.8 Å². The summed E-state index contributed by atoms with van der Waals surface area (Å²) in [6.45, 7) is 1.94. The number of amides is 1. The minimum Gasteiger partial charge on any atom is -0.381 e. The fourth-order valence-corrected chi connectivity index (χ4v) is 2.87. The standard InChI is InChI=1S/C13H24N2O2/c14-10-13(6-8-17-9-7-13)15-12(16)11-4-2-1-3-5-11/h11H,1-10,14H2,(H,15,16). The summed E-state index contributed by atoms with van der Waals surface area (Å²) in [7, 11) is 0. The van der Waals surface area contributed by atoms with Crippen LogP contribution >= 0.6 is 0 Å². The van der Waals surface area contributed by atoms with Gasteiger partial charge in [0.1, 0.15) is 0 Å². The van der Waals surface area contributed by atoms with Crippen LogP contribution in [0.25, 0.3) is 0 Å². The Morgan fingerprint density at radius 2 is 1.88 bits per heavy atom. The second-order valence-electron chi connectivity index (χ2n) is 5.42. The lowest BCUT2D eigenvalue weighted by Crippen LogP contribution is -2.58. The number of rotatable bonds is 3. The molecule has 0 bridgehead atoms. The Labute approximate surface area is 103 Å². The van der Waals surface area contributed by atoms with Gasteiger partial charge in [-0.1, -0.05) is 19.3 Å². The fourth-order valence-electron chi connectivity index (χ4n) is 2.87. The van der Waals surface area contributed by atoms with Gasteiger partial charge >= 0.3 is 0 Å². The van der Waals surface area contributed by atoms with Crippen molar-refractivity contribution in [3.8, 4) is 0 Å². The molecule has 17 heavy (non-hydrogen) atoms. The molecule has 1 aliphatic carbocycles. The maximum Gasteiger partial charge on any atom is 0.223 e. The van der Waals surface area contributed by atoms with Gasteiger partial charge in [-0.3, -0.25) is 4.79 Å². The van der Waals surface area contributed by atoms with E-state index in [2.05, 4.69) is 5.32 Å². The van der Waals surface area contributed by atoms with Crippen molar-refractivity contribution >= 4 is 5.91 Å². The van der Waals surface area contributed by atoms with Gasteiger partial charge in [-0.05, 0) is 25.7 Å². The average Bonchev–Trinajstić information content (AvgIpc) is 2.41. The van der Waals surface area contributed by atoms with Crippen LogP contribution < -0.4 is 11.1 Å². The highest BCUT2D eigenvalue weighted by Gasteiger charge is 2.34. The Kier molecular flexibility index (Phi) is 4.40. The number of carbonyl (C=O) groups excluding carboxylic acids is 1. The van der Waals surface area contributed by atoms with Crippen LogP contribution in [-0.4, -0.2) is 31.2 Å². The summed E-state index contributed by atoms with van der Waals surface area (Å²) in [5.74, 6) is 0.437. The Bertz CT molecular complexity index is 256. The molecule has 98 valence electrons.